The van der Waals surface area contributed by atoms with Gasteiger partial charge in [-0.1, -0.05) is 20.8 Å². The Labute approximate surface area is 172 Å². The fourth-order valence-electron chi connectivity index (χ4n) is 3.21. The van der Waals surface area contributed by atoms with Crippen molar-refractivity contribution in [1.29, 1.82) is 0 Å². The van der Waals surface area contributed by atoms with Gasteiger partial charge in [-0.15, -0.1) is 36.2 Å². The number of nitrogens with one attached hydrogen (secondary N) is 1. The number of aliphatic hydroxyl groups excluding tert-OH is 1. The van der Waals surface area contributed by atoms with E-state index in [-0.39, 0.29) is 48.3 Å². The average molecular weight is 425 g/mol. The van der Waals surface area contributed by atoms with Gasteiger partial charge in [0.25, 0.3) is 0 Å². The Balaban J connectivity index is 0.00000169. The summed E-state index contributed by atoms with van der Waals surface area (Å²) in [6, 6.07) is -0.209. The van der Waals surface area contributed by atoms with Gasteiger partial charge in [-0.2, -0.15) is 0 Å². The Kier molecular flexibility index (Phi) is 8.77. The van der Waals surface area contributed by atoms with E-state index in [1.165, 1.54) is 5.01 Å². The van der Waals surface area contributed by atoms with E-state index in [4.69, 9.17) is 4.98 Å². The molecule has 6 nitrogen and oxygen atoms in total. The minimum absolute atomic E-state index is 0. The van der Waals surface area contributed by atoms with Crippen LogP contribution in [0.5, 0.6) is 0 Å². The van der Waals surface area contributed by atoms with Crippen LogP contribution in [0.3, 0.4) is 0 Å². The average Bonchev–Trinajstić information content (AvgIpc) is 3.16. The molecule has 1 aromatic heterocycles. The lowest BCUT2D eigenvalue weighted by molar-refractivity contribution is -0.135. The van der Waals surface area contributed by atoms with Gasteiger partial charge in [0, 0.05) is 50.1 Å². The summed E-state index contributed by atoms with van der Waals surface area (Å²) in [5, 5.41) is 16.0. The van der Waals surface area contributed by atoms with Crippen molar-refractivity contribution < 1.29 is 9.90 Å². The molecule has 2 unspecified atom stereocenters. The van der Waals surface area contributed by atoms with Gasteiger partial charge in [-0.3, -0.25) is 9.69 Å². The Hall–Kier alpha value is -0.440. The minimum Gasteiger partial charge on any atom is -0.392 e. The standard InChI is InChI=1S/C17H28N4O2S.2ClH/c1-17(2,3)16-19-12(11-24-16)10-20-4-6-21(7-5-20)15(23)14-8-13(22)9-18-14;;/h11,13-14,18,22H,4-10H2,1-3H3;2*1H. The number of hydrogen-bond acceptors (Lipinski definition) is 6. The summed E-state index contributed by atoms with van der Waals surface area (Å²) in [7, 11) is 0. The van der Waals surface area contributed by atoms with Crippen LogP contribution in [0.15, 0.2) is 5.38 Å². The number of thiazole rings is 1. The number of halogens is 2. The summed E-state index contributed by atoms with van der Waals surface area (Å²) in [4.78, 5) is 21.5. The van der Waals surface area contributed by atoms with Crippen molar-refractivity contribution in [3.05, 3.63) is 16.1 Å². The van der Waals surface area contributed by atoms with Gasteiger partial charge >= 0.3 is 0 Å². The van der Waals surface area contributed by atoms with Crippen LogP contribution in [0.2, 0.25) is 0 Å². The van der Waals surface area contributed by atoms with Crippen LogP contribution in [0.1, 0.15) is 37.9 Å². The van der Waals surface area contributed by atoms with Crippen molar-refractivity contribution in [1.82, 2.24) is 20.1 Å². The van der Waals surface area contributed by atoms with Crippen LogP contribution in [-0.2, 0) is 16.8 Å². The van der Waals surface area contributed by atoms with Gasteiger partial charge in [0.15, 0.2) is 0 Å². The van der Waals surface area contributed by atoms with Crippen molar-refractivity contribution in [3.63, 3.8) is 0 Å². The molecular weight excluding hydrogens is 395 g/mol. The van der Waals surface area contributed by atoms with Gasteiger partial charge in [0.05, 0.1) is 22.8 Å². The smallest absolute Gasteiger partial charge is 0.239 e. The monoisotopic (exact) mass is 424 g/mol. The second kappa shape index (κ2) is 9.66. The highest BCUT2D eigenvalue weighted by atomic mass is 35.5. The maximum atomic E-state index is 12.4. The highest BCUT2D eigenvalue weighted by Gasteiger charge is 2.32. The first-order chi connectivity index (χ1) is 11.3. The molecule has 2 fully saturated rings. The third-order valence-electron chi connectivity index (χ3n) is 4.67. The number of aromatic nitrogens is 1. The molecule has 9 heteroatoms. The summed E-state index contributed by atoms with van der Waals surface area (Å²) in [5.74, 6) is 0.134. The SMILES string of the molecule is CC(C)(C)c1nc(CN2CCN(C(=O)C3CC(O)CN3)CC2)cs1.Cl.Cl. The molecule has 0 saturated carbocycles. The highest BCUT2D eigenvalue weighted by molar-refractivity contribution is 7.09. The van der Waals surface area contributed by atoms with Crippen LogP contribution in [0.25, 0.3) is 0 Å². The lowest BCUT2D eigenvalue weighted by Gasteiger charge is -2.35. The zero-order valence-corrected chi connectivity index (χ0v) is 18.1. The first-order valence-electron chi connectivity index (χ1n) is 8.70. The van der Waals surface area contributed by atoms with Gasteiger partial charge in [0.1, 0.15) is 0 Å². The summed E-state index contributed by atoms with van der Waals surface area (Å²) in [6.45, 7) is 11.2. The summed E-state index contributed by atoms with van der Waals surface area (Å²) in [5.41, 5.74) is 1.23. The van der Waals surface area contributed by atoms with Crippen LogP contribution in [0, 0.1) is 0 Å². The molecule has 150 valence electrons. The Bertz CT molecular complexity index is 586. The van der Waals surface area contributed by atoms with E-state index in [0.29, 0.717) is 13.0 Å². The van der Waals surface area contributed by atoms with Crippen molar-refractivity contribution in [2.75, 3.05) is 32.7 Å². The minimum atomic E-state index is -0.387. The van der Waals surface area contributed by atoms with Crippen LogP contribution < -0.4 is 5.32 Å². The number of carbonyl (C=O) groups is 1. The number of nitrogens with zero attached hydrogens (tertiary/aromatic N) is 3. The molecule has 3 rings (SSSR count). The fraction of sp³-hybridized carbons (Fsp3) is 0.765. The number of β-amino-alcohol motifs (C(OH)–C–C–N with tert-alkyl or cyclic N) is 1. The second-order valence-corrected chi connectivity index (χ2v) is 8.70. The molecule has 2 aliphatic rings. The summed E-state index contributed by atoms with van der Waals surface area (Å²) in [6.07, 6.45) is 0.148. The van der Waals surface area contributed by atoms with Crippen LogP contribution >= 0.6 is 36.2 Å². The number of carbonyl (C=O) groups excluding carboxylic acids is 1. The highest BCUT2D eigenvalue weighted by Crippen LogP contribution is 2.26. The maximum Gasteiger partial charge on any atom is 0.239 e. The van der Waals surface area contributed by atoms with E-state index in [2.05, 4.69) is 36.4 Å². The first kappa shape index (κ1) is 23.6. The topological polar surface area (TPSA) is 68.7 Å². The quantitative estimate of drug-likeness (QED) is 0.771. The molecule has 2 saturated heterocycles. The Morgan fingerprint density at radius 1 is 1.31 bits per heavy atom. The van der Waals surface area contributed by atoms with Gasteiger partial charge < -0.3 is 15.3 Å². The molecule has 2 atom stereocenters. The molecule has 2 aliphatic heterocycles. The van der Waals surface area contributed by atoms with Crippen molar-refractivity contribution in [2.24, 2.45) is 0 Å². The predicted molar refractivity (Wildman–Crippen MR) is 110 cm³/mol. The van der Waals surface area contributed by atoms with Crippen LogP contribution in [-0.4, -0.2) is 70.7 Å². The molecule has 3 heterocycles. The molecule has 0 aromatic carbocycles. The van der Waals surface area contributed by atoms with Crippen molar-refractivity contribution in [3.8, 4) is 0 Å². The predicted octanol–water partition coefficient (Wildman–Crippen LogP) is 1.65. The molecule has 0 spiro atoms. The lowest BCUT2D eigenvalue weighted by atomic mass is 9.98. The molecule has 1 aromatic rings. The van der Waals surface area contributed by atoms with E-state index in [1.807, 2.05) is 4.90 Å². The number of hydrogen-bond donors (Lipinski definition) is 2. The summed E-state index contributed by atoms with van der Waals surface area (Å²) >= 11 is 1.73. The van der Waals surface area contributed by atoms with Crippen LogP contribution in [0.4, 0.5) is 0 Å². The van der Waals surface area contributed by atoms with Gasteiger partial charge in [0.2, 0.25) is 5.91 Å². The van der Waals surface area contributed by atoms with Gasteiger partial charge in [-0.25, -0.2) is 4.98 Å². The molecule has 1 amide bonds. The maximum absolute atomic E-state index is 12.4. The van der Waals surface area contributed by atoms with E-state index in [9.17, 15) is 9.90 Å². The second-order valence-electron chi connectivity index (χ2n) is 7.85. The zero-order valence-electron chi connectivity index (χ0n) is 15.6. The normalized spacial score (nSPS) is 24.1. The number of amides is 1. The summed E-state index contributed by atoms with van der Waals surface area (Å²) < 4.78 is 0. The van der Waals surface area contributed by atoms with Crippen molar-refractivity contribution in [2.45, 2.75) is 51.3 Å². The third kappa shape index (κ3) is 5.78. The number of rotatable bonds is 3. The first-order valence-corrected chi connectivity index (χ1v) is 9.58. The third-order valence-corrected chi connectivity index (χ3v) is 5.99. The Morgan fingerprint density at radius 3 is 2.46 bits per heavy atom. The van der Waals surface area contributed by atoms with Crippen molar-refractivity contribution >= 4 is 42.1 Å². The Morgan fingerprint density at radius 2 is 1.96 bits per heavy atom. The fourth-order valence-corrected chi connectivity index (χ4v) is 4.10. The zero-order chi connectivity index (χ0) is 17.3. The van der Waals surface area contributed by atoms with E-state index in [1.54, 1.807) is 11.3 Å². The lowest BCUT2D eigenvalue weighted by Crippen LogP contribution is -2.52. The molecule has 2 N–H and O–H groups in total. The van der Waals surface area contributed by atoms with E-state index >= 15 is 0 Å². The number of aliphatic hydroxyl groups is 1. The molecular formula is C17H30Cl2N4O2S. The van der Waals surface area contributed by atoms with Gasteiger partial charge in [-0.05, 0) is 6.42 Å². The molecule has 26 heavy (non-hydrogen) atoms. The number of piperazine rings is 1. The molecule has 0 aliphatic carbocycles. The van der Waals surface area contributed by atoms with E-state index in [0.717, 1.165) is 38.4 Å². The van der Waals surface area contributed by atoms with E-state index < -0.39 is 0 Å². The largest absolute Gasteiger partial charge is 0.392 e. The molecule has 0 radical (unpaired) electrons. The molecule has 0 bridgehead atoms.